The molecule has 28 heavy (non-hydrogen) atoms. The number of fused-ring (bicyclic) bond motifs is 1. The summed E-state index contributed by atoms with van der Waals surface area (Å²) in [7, 11) is 0. The average Bonchev–Trinajstić information content (AvgIpc) is 2.95. The average molecular weight is 427 g/mol. The number of pyridine rings is 1. The van der Waals surface area contributed by atoms with Gasteiger partial charge in [-0.1, -0.05) is 65.9 Å². The SMILES string of the molecule is O=C1/C(=C/c2ccc3cccc(Cl)c3n2)SC(=S)N1CCc1ccc(O)cc1. The fourth-order valence-corrected chi connectivity index (χ4v) is 4.45. The van der Waals surface area contributed by atoms with Gasteiger partial charge in [-0.05, 0) is 42.3 Å². The third-order valence-electron chi connectivity index (χ3n) is 4.41. The van der Waals surface area contributed by atoms with E-state index in [-0.39, 0.29) is 11.7 Å². The Labute approximate surface area is 176 Å². The first-order chi connectivity index (χ1) is 13.5. The minimum Gasteiger partial charge on any atom is -0.508 e. The number of aromatic nitrogens is 1. The molecule has 7 heteroatoms. The van der Waals surface area contributed by atoms with Crippen molar-refractivity contribution >= 4 is 62.8 Å². The summed E-state index contributed by atoms with van der Waals surface area (Å²) in [5, 5.41) is 10.9. The highest BCUT2D eigenvalue weighted by Gasteiger charge is 2.31. The number of hydrogen-bond acceptors (Lipinski definition) is 5. The van der Waals surface area contributed by atoms with Crippen LogP contribution in [-0.4, -0.2) is 31.8 Å². The summed E-state index contributed by atoms with van der Waals surface area (Å²) < 4.78 is 0.536. The maximum Gasteiger partial charge on any atom is 0.266 e. The van der Waals surface area contributed by atoms with Gasteiger partial charge in [0.2, 0.25) is 0 Å². The molecule has 2 aromatic carbocycles. The first-order valence-corrected chi connectivity index (χ1v) is 10.2. The standard InChI is InChI=1S/C21H15ClN2O2S2/c22-17-3-1-2-14-6-7-15(23-19(14)17)12-18-20(26)24(21(27)28-18)11-10-13-4-8-16(25)9-5-13/h1-9,12,25H,10-11H2/b18-12-. The number of hydrogen-bond donors (Lipinski definition) is 1. The summed E-state index contributed by atoms with van der Waals surface area (Å²) in [5.74, 6) is 0.107. The molecule has 4 nitrogen and oxygen atoms in total. The molecule has 0 unspecified atom stereocenters. The molecule has 4 rings (SSSR count). The van der Waals surface area contributed by atoms with E-state index in [4.69, 9.17) is 23.8 Å². The van der Waals surface area contributed by atoms with Crippen LogP contribution < -0.4 is 0 Å². The van der Waals surface area contributed by atoms with Gasteiger partial charge in [-0.2, -0.15) is 0 Å². The van der Waals surface area contributed by atoms with E-state index in [1.807, 2.05) is 36.4 Å². The van der Waals surface area contributed by atoms with Crippen molar-refractivity contribution in [3.63, 3.8) is 0 Å². The van der Waals surface area contributed by atoms with Crippen LogP contribution in [0.25, 0.3) is 17.0 Å². The smallest absolute Gasteiger partial charge is 0.266 e. The van der Waals surface area contributed by atoms with Crippen LogP contribution in [0.1, 0.15) is 11.3 Å². The van der Waals surface area contributed by atoms with Gasteiger partial charge in [-0.25, -0.2) is 4.98 Å². The molecule has 1 saturated heterocycles. The Morgan fingerprint density at radius 3 is 2.71 bits per heavy atom. The quantitative estimate of drug-likeness (QED) is 0.468. The maximum atomic E-state index is 12.8. The Kier molecular flexibility index (Phi) is 5.35. The van der Waals surface area contributed by atoms with Crippen LogP contribution in [0, 0.1) is 0 Å². The number of rotatable bonds is 4. The predicted octanol–water partition coefficient (Wildman–Crippen LogP) is 5.04. The number of nitrogens with zero attached hydrogens (tertiary/aromatic N) is 2. The summed E-state index contributed by atoms with van der Waals surface area (Å²) in [5.41, 5.74) is 2.40. The molecule has 140 valence electrons. The van der Waals surface area contributed by atoms with Crippen LogP contribution in [-0.2, 0) is 11.2 Å². The minimum atomic E-state index is -0.116. The van der Waals surface area contributed by atoms with E-state index in [0.29, 0.717) is 38.4 Å². The maximum absolute atomic E-state index is 12.8. The summed E-state index contributed by atoms with van der Waals surface area (Å²) >= 11 is 12.9. The zero-order chi connectivity index (χ0) is 19.7. The Morgan fingerprint density at radius 2 is 1.93 bits per heavy atom. The highest BCUT2D eigenvalue weighted by molar-refractivity contribution is 8.26. The lowest BCUT2D eigenvalue weighted by atomic mass is 10.1. The summed E-state index contributed by atoms with van der Waals surface area (Å²) in [4.78, 5) is 19.5. The molecule has 0 radical (unpaired) electrons. The van der Waals surface area contributed by atoms with Gasteiger partial charge in [-0.15, -0.1) is 0 Å². The highest BCUT2D eigenvalue weighted by atomic mass is 35.5. The second-order valence-electron chi connectivity index (χ2n) is 6.30. The number of thioether (sulfide) groups is 1. The number of benzene rings is 2. The molecule has 0 atom stereocenters. The third kappa shape index (κ3) is 3.90. The number of thiocarbonyl (C=S) groups is 1. The van der Waals surface area contributed by atoms with E-state index in [1.54, 1.807) is 29.2 Å². The van der Waals surface area contributed by atoms with Crippen molar-refractivity contribution in [3.05, 3.63) is 75.8 Å². The molecule has 1 aliphatic rings. The van der Waals surface area contributed by atoms with Gasteiger partial charge >= 0.3 is 0 Å². The molecule has 1 amide bonds. The van der Waals surface area contributed by atoms with Crippen molar-refractivity contribution in [3.8, 4) is 5.75 Å². The molecule has 1 aromatic heterocycles. The van der Waals surface area contributed by atoms with E-state index >= 15 is 0 Å². The number of para-hydroxylation sites is 1. The Hall–Kier alpha value is -2.41. The van der Waals surface area contributed by atoms with Gasteiger partial charge in [0.25, 0.3) is 5.91 Å². The fourth-order valence-electron chi connectivity index (χ4n) is 2.94. The first kappa shape index (κ1) is 18.9. The van der Waals surface area contributed by atoms with Crippen molar-refractivity contribution in [1.29, 1.82) is 0 Å². The molecule has 0 spiro atoms. The van der Waals surface area contributed by atoms with Crippen molar-refractivity contribution in [2.75, 3.05) is 6.54 Å². The normalized spacial score (nSPS) is 15.8. The molecule has 0 saturated carbocycles. The fraction of sp³-hybridized carbons (Fsp3) is 0.0952. The van der Waals surface area contributed by atoms with Crippen molar-refractivity contribution in [2.24, 2.45) is 0 Å². The predicted molar refractivity (Wildman–Crippen MR) is 118 cm³/mol. The van der Waals surface area contributed by atoms with Crippen LogP contribution in [0.15, 0.2) is 59.5 Å². The summed E-state index contributed by atoms with van der Waals surface area (Å²) in [6.45, 7) is 0.490. The van der Waals surface area contributed by atoms with Gasteiger partial charge in [0.1, 0.15) is 10.1 Å². The minimum absolute atomic E-state index is 0.116. The lowest BCUT2D eigenvalue weighted by Crippen LogP contribution is -2.30. The van der Waals surface area contributed by atoms with Gasteiger partial charge < -0.3 is 5.11 Å². The summed E-state index contributed by atoms with van der Waals surface area (Å²) in [6, 6.07) is 16.4. The second kappa shape index (κ2) is 7.91. The van der Waals surface area contributed by atoms with Crippen molar-refractivity contribution < 1.29 is 9.90 Å². The van der Waals surface area contributed by atoms with Crippen LogP contribution in [0.5, 0.6) is 5.75 Å². The number of halogens is 1. The van der Waals surface area contributed by atoms with Crippen molar-refractivity contribution in [2.45, 2.75) is 6.42 Å². The molecular formula is C21H15ClN2O2S2. The number of phenols is 1. The highest BCUT2D eigenvalue weighted by Crippen LogP contribution is 2.33. The molecule has 1 aliphatic heterocycles. The zero-order valence-corrected chi connectivity index (χ0v) is 17.0. The monoisotopic (exact) mass is 426 g/mol. The van der Waals surface area contributed by atoms with Crippen LogP contribution in [0.3, 0.4) is 0 Å². The number of aromatic hydroxyl groups is 1. The van der Waals surface area contributed by atoms with E-state index in [0.717, 1.165) is 10.9 Å². The third-order valence-corrected chi connectivity index (χ3v) is 6.09. The van der Waals surface area contributed by atoms with Crippen LogP contribution in [0.2, 0.25) is 5.02 Å². The Bertz CT molecular complexity index is 1110. The van der Waals surface area contributed by atoms with Gasteiger partial charge in [-0.3, -0.25) is 9.69 Å². The topological polar surface area (TPSA) is 53.4 Å². The molecule has 2 heterocycles. The van der Waals surface area contributed by atoms with Gasteiger partial charge in [0, 0.05) is 11.9 Å². The zero-order valence-electron chi connectivity index (χ0n) is 14.6. The number of carbonyl (C=O) groups excluding carboxylic acids is 1. The number of carbonyl (C=O) groups is 1. The number of amides is 1. The first-order valence-electron chi connectivity index (χ1n) is 8.60. The molecule has 1 fully saturated rings. The van der Waals surface area contributed by atoms with E-state index in [2.05, 4.69) is 4.98 Å². The lowest BCUT2D eigenvalue weighted by molar-refractivity contribution is -0.122. The molecule has 0 aliphatic carbocycles. The van der Waals surface area contributed by atoms with Crippen LogP contribution in [0.4, 0.5) is 0 Å². The van der Waals surface area contributed by atoms with Crippen LogP contribution >= 0.6 is 35.6 Å². The van der Waals surface area contributed by atoms with Gasteiger partial charge in [0.15, 0.2) is 0 Å². The van der Waals surface area contributed by atoms with E-state index < -0.39 is 0 Å². The summed E-state index contributed by atoms with van der Waals surface area (Å²) in [6.07, 6.45) is 2.41. The molecular weight excluding hydrogens is 412 g/mol. The molecule has 3 aromatic rings. The Balaban J connectivity index is 1.53. The van der Waals surface area contributed by atoms with E-state index in [1.165, 1.54) is 11.8 Å². The lowest BCUT2D eigenvalue weighted by Gasteiger charge is -2.14. The van der Waals surface area contributed by atoms with Gasteiger partial charge in [0.05, 0.1) is 21.1 Å². The Morgan fingerprint density at radius 1 is 1.14 bits per heavy atom. The van der Waals surface area contributed by atoms with E-state index in [9.17, 15) is 9.90 Å². The largest absolute Gasteiger partial charge is 0.508 e. The second-order valence-corrected chi connectivity index (χ2v) is 8.38. The molecule has 0 bridgehead atoms. The van der Waals surface area contributed by atoms with Crippen molar-refractivity contribution in [1.82, 2.24) is 9.88 Å². The number of phenolic OH excluding ortho intramolecular Hbond substituents is 1. The molecule has 1 N–H and O–H groups in total.